The summed E-state index contributed by atoms with van der Waals surface area (Å²) in [7, 11) is 0. The predicted octanol–water partition coefficient (Wildman–Crippen LogP) is 3.03. The van der Waals surface area contributed by atoms with Crippen molar-refractivity contribution in [2.24, 2.45) is 0 Å². The Balaban J connectivity index is 1.86. The summed E-state index contributed by atoms with van der Waals surface area (Å²) in [6.45, 7) is 3.62. The molecule has 0 unspecified atom stereocenters. The van der Waals surface area contributed by atoms with Crippen molar-refractivity contribution >= 4 is 5.78 Å². The molecule has 0 atom stereocenters. The first-order valence-electron chi connectivity index (χ1n) is 7.53. The molecule has 23 heavy (non-hydrogen) atoms. The number of carbonyl (C=O) groups excluding carboxylic acids is 1. The van der Waals surface area contributed by atoms with Crippen molar-refractivity contribution in [1.82, 2.24) is 4.90 Å². The number of ketones is 1. The summed E-state index contributed by atoms with van der Waals surface area (Å²) in [5, 5.41) is 0. The molecule has 0 radical (unpaired) electrons. The van der Waals surface area contributed by atoms with E-state index in [1.807, 2.05) is 12.1 Å². The summed E-state index contributed by atoms with van der Waals surface area (Å²) in [5.74, 6) is -2.27. The Kier molecular flexibility index (Phi) is 4.79. The first kappa shape index (κ1) is 15.8. The van der Waals surface area contributed by atoms with Crippen LogP contribution in [0.4, 0.5) is 8.78 Å². The average molecular weight is 317 g/mol. The van der Waals surface area contributed by atoms with Gasteiger partial charge in [-0.25, -0.2) is 8.78 Å². The van der Waals surface area contributed by atoms with Gasteiger partial charge >= 0.3 is 0 Å². The number of halogens is 2. The van der Waals surface area contributed by atoms with E-state index in [-0.39, 0.29) is 11.3 Å². The van der Waals surface area contributed by atoms with Gasteiger partial charge in [0.15, 0.2) is 17.4 Å². The fourth-order valence-electron chi connectivity index (χ4n) is 2.67. The molecule has 2 aromatic carbocycles. The van der Waals surface area contributed by atoms with Gasteiger partial charge in [0.05, 0.1) is 13.2 Å². The van der Waals surface area contributed by atoms with Crippen LogP contribution in [0.1, 0.15) is 21.5 Å². The normalized spacial score (nSPS) is 15.6. The van der Waals surface area contributed by atoms with E-state index in [0.29, 0.717) is 25.3 Å². The first-order chi connectivity index (χ1) is 11.1. The van der Waals surface area contributed by atoms with Gasteiger partial charge in [0.2, 0.25) is 0 Å². The van der Waals surface area contributed by atoms with Gasteiger partial charge in [0, 0.05) is 30.8 Å². The summed E-state index contributed by atoms with van der Waals surface area (Å²) in [4.78, 5) is 14.8. The van der Waals surface area contributed by atoms with Crippen LogP contribution in [0.5, 0.6) is 0 Å². The summed E-state index contributed by atoms with van der Waals surface area (Å²) in [6.07, 6.45) is 0. The van der Waals surface area contributed by atoms with Gasteiger partial charge in [0.25, 0.3) is 0 Å². The lowest BCUT2D eigenvalue weighted by molar-refractivity contribution is 0.0341. The van der Waals surface area contributed by atoms with E-state index in [9.17, 15) is 13.6 Å². The van der Waals surface area contributed by atoms with E-state index >= 15 is 0 Å². The summed E-state index contributed by atoms with van der Waals surface area (Å²) in [5.41, 5.74) is 1.55. The Morgan fingerprint density at radius 1 is 1.04 bits per heavy atom. The zero-order valence-electron chi connectivity index (χ0n) is 12.6. The Bertz CT molecular complexity index is 712. The highest BCUT2D eigenvalue weighted by Gasteiger charge is 2.18. The third kappa shape index (κ3) is 3.63. The van der Waals surface area contributed by atoms with Crippen molar-refractivity contribution in [2.75, 3.05) is 26.3 Å². The molecule has 1 fully saturated rings. The molecule has 0 amide bonds. The molecule has 0 bridgehead atoms. The maximum absolute atomic E-state index is 13.4. The second-order valence-corrected chi connectivity index (χ2v) is 5.50. The van der Waals surface area contributed by atoms with Crippen LogP contribution in [-0.2, 0) is 11.3 Å². The number of benzene rings is 2. The summed E-state index contributed by atoms with van der Waals surface area (Å²) < 4.78 is 31.8. The molecule has 0 N–H and O–H groups in total. The van der Waals surface area contributed by atoms with Crippen LogP contribution in [0.3, 0.4) is 0 Å². The maximum Gasteiger partial charge on any atom is 0.193 e. The maximum atomic E-state index is 13.4. The van der Waals surface area contributed by atoms with Crippen LogP contribution in [-0.4, -0.2) is 37.0 Å². The molecule has 0 saturated carbocycles. The summed E-state index contributed by atoms with van der Waals surface area (Å²) >= 11 is 0. The van der Waals surface area contributed by atoms with E-state index < -0.39 is 11.6 Å². The molecule has 1 heterocycles. The second-order valence-electron chi connectivity index (χ2n) is 5.50. The highest BCUT2D eigenvalue weighted by molar-refractivity contribution is 6.09. The molecule has 0 spiro atoms. The van der Waals surface area contributed by atoms with Crippen molar-refractivity contribution < 1.29 is 18.3 Å². The van der Waals surface area contributed by atoms with Gasteiger partial charge in [-0.05, 0) is 23.8 Å². The molecule has 120 valence electrons. The van der Waals surface area contributed by atoms with Crippen LogP contribution < -0.4 is 0 Å². The van der Waals surface area contributed by atoms with Gasteiger partial charge < -0.3 is 4.74 Å². The smallest absolute Gasteiger partial charge is 0.193 e. The Labute approximate surface area is 133 Å². The molecule has 5 heteroatoms. The number of hydrogen-bond acceptors (Lipinski definition) is 3. The quantitative estimate of drug-likeness (QED) is 0.812. The highest BCUT2D eigenvalue weighted by Crippen LogP contribution is 2.18. The van der Waals surface area contributed by atoms with Crippen molar-refractivity contribution in [3.63, 3.8) is 0 Å². The van der Waals surface area contributed by atoms with Gasteiger partial charge in [-0.3, -0.25) is 9.69 Å². The fourth-order valence-corrected chi connectivity index (χ4v) is 2.67. The minimum atomic E-state index is -1.01. The Hall–Kier alpha value is -2.11. The van der Waals surface area contributed by atoms with Crippen LogP contribution in [0.2, 0.25) is 0 Å². The second kappa shape index (κ2) is 6.98. The lowest BCUT2D eigenvalue weighted by Crippen LogP contribution is -2.36. The zero-order chi connectivity index (χ0) is 16.2. The number of hydrogen-bond donors (Lipinski definition) is 0. The zero-order valence-corrected chi connectivity index (χ0v) is 12.6. The van der Waals surface area contributed by atoms with E-state index in [4.69, 9.17) is 4.74 Å². The standard InChI is InChI=1S/C18H17F2NO2/c19-16-6-5-13(11-17(16)20)18(22)15-4-2-1-3-14(15)12-21-7-9-23-10-8-21/h1-6,11H,7-10,12H2. The van der Waals surface area contributed by atoms with E-state index in [1.165, 1.54) is 6.07 Å². The molecule has 1 aliphatic rings. The van der Waals surface area contributed by atoms with Crippen LogP contribution in [0, 0.1) is 11.6 Å². The van der Waals surface area contributed by atoms with Gasteiger partial charge in [-0.15, -0.1) is 0 Å². The number of rotatable bonds is 4. The number of morpholine rings is 1. The van der Waals surface area contributed by atoms with Crippen molar-refractivity contribution in [3.8, 4) is 0 Å². The lowest BCUT2D eigenvalue weighted by atomic mass is 9.98. The third-order valence-corrected chi connectivity index (χ3v) is 3.94. The largest absolute Gasteiger partial charge is 0.379 e. The van der Waals surface area contributed by atoms with Gasteiger partial charge in [-0.1, -0.05) is 24.3 Å². The Morgan fingerprint density at radius 3 is 2.52 bits per heavy atom. The minimum Gasteiger partial charge on any atom is -0.379 e. The molecule has 1 aliphatic heterocycles. The van der Waals surface area contributed by atoms with Crippen molar-refractivity contribution in [3.05, 3.63) is 70.8 Å². The topological polar surface area (TPSA) is 29.5 Å². The van der Waals surface area contributed by atoms with Crippen LogP contribution in [0.15, 0.2) is 42.5 Å². The molecular weight excluding hydrogens is 300 g/mol. The van der Waals surface area contributed by atoms with Crippen LogP contribution >= 0.6 is 0 Å². The molecular formula is C18H17F2NO2. The lowest BCUT2D eigenvalue weighted by Gasteiger charge is -2.27. The van der Waals surface area contributed by atoms with Gasteiger partial charge in [-0.2, -0.15) is 0 Å². The Morgan fingerprint density at radius 2 is 1.78 bits per heavy atom. The molecule has 0 aromatic heterocycles. The molecule has 0 aliphatic carbocycles. The van der Waals surface area contributed by atoms with Crippen molar-refractivity contribution in [2.45, 2.75) is 6.54 Å². The monoisotopic (exact) mass is 317 g/mol. The number of nitrogens with zero attached hydrogens (tertiary/aromatic N) is 1. The predicted molar refractivity (Wildman–Crippen MR) is 82.3 cm³/mol. The van der Waals surface area contributed by atoms with Crippen molar-refractivity contribution in [1.29, 1.82) is 0 Å². The summed E-state index contributed by atoms with van der Waals surface area (Å²) in [6, 6.07) is 10.5. The SMILES string of the molecule is O=C(c1ccc(F)c(F)c1)c1ccccc1CN1CCOCC1. The number of carbonyl (C=O) groups is 1. The van der Waals surface area contributed by atoms with Gasteiger partial charge in [0.1, 0.15) is 0 Å². The van der Waals surface area contributed by atoms with E-state index in [0.717, 1.165) is 30.8 Å². The third-order valence-electron chi connectivity index (χ3n) is 3.94. The fraction of sp³-hybridized carbons (Fsp3) is 0.278. The van der Waals surface area contributed by atoms with E-state index in [2.05, 4.69) is 4.90 Å². The van der Waals surface area contributed by atoms with Crippen LogP contribution in [0.25, 0.3) is 0 Å². The average Bonchev–Trinajstić information content (AvgIpc) is 2.58. The molecule has 3 nitrogen and oxygen atoms in total. The first-order valence-corrected chi connectivity index (χ1v) is 7.53. The number of ether oxygens (including phenoxy) is 1. The van der Waals surface area contributed by atoms with E-state index in [1.54, 1.807) is 12.1 Å². The minimum absolute atomic E-state index is 0.151. The molecule has 2 aromatic rings. The highest BCUT2D eigenvalue weighted by atomic mass is 19.2. The molecule has 3 rings (SSSR count). The molecule has 1 saturated heterocycles.